The van der Waals surface area contributed by atoms with E-state index in [4.69, 9.17) is 14.2 Å². The van der Waals surface area contributed by atoms with E-state index in [1.165, 1.54) is 30.9 Å². The first-order valence-electron chi connectivity index (χ1n) is 14.6. The molecule has 13 nitrogen and oxygen atoms in total. The summed E-state index contributed by atoms with van der Waals surface area (Å²) >= 11 is 0. The molecule has 3 aliphatic rings. The van der Waals surface area contributed by atoms with Crippen LogP contribution < -0.4 is 15.0 Å². The van der Waals surface area contributed by atoms with Crippen molar-refractivity contribution in [3.63, 3.8) is 0 Å². The van der Waals surface area contributed by atoms with Gasteiger partial charge in [-0.15, -0.1) is 0 Å². The lowest BCUT2D eigenvalue weighted by molar-refractivity contribution is -0.144. The number of piperidine rings is 1. The first-order chi connectivity index (χ1) is 21.1. The van der Waals surface area contributed by atoms with Crippen LogP contribution in [0.2, 0.25) is 0 Å². The molecule has 3 saturated heterocycles. The SMILES string of the molecule is C=C/C=C(/O[C@H]1CCN(C(=O)C(C)O)C[C@H]1F)C(C)(C#N)N=C(N=C)Nc1ccc(N2CCN(C3COC3)CC2)c(OC)n1. The molecule has 14 heteroatoms. The Morgan fingerprint density at radius 3 is 2.61 bits per heavy atom. The first kappa shape index (κ1) is 32.8. The molecule has 3 aliphatic heterocycles. The fourth-order valence-electron chi connectivity index (χ4n) is 5.29. The molecule has 2 unspecified atom stereocenters. The standard InChI is InChI=1S/C30H41FN8O5/c1-6-7-25(44-24-10-11-39(16-22(24)31)28(41)20(2)40)30(3,19-32)36-29(33-4)35-26-9-8-23(27(34-26)42-5)38-14-12-37(13-15-38)21-17-43-18-21/h6-9,20-22,24,40H,1,4,10-18H2,2-3,5H3,(H,34,35,36)/b25-7+/t20?,22-,24+,30?/m1/s1. The maximum absolute atomic E-state index is 15.1. The number of aliphatic imine (C=N–C) groups is 2. The van der Waals surface area contributed by atoms with Crippen LogP contribution >= 0.6 is 0 Å². The molecule has 1 amide bonds. The number of aliphatic hydroxyl groups excluding tert-OH is 1. The van der Waals surface area contributed by atoms with Crippen molar-refractivity contribution >= 4 is 30.1 Å². The fourth-order valence-corrected chi connectivity index (χ4v) is 5.29. The number of aromatic nitrogens is 1. The van der Waals surface area contributed by atoms with Gasteiger partial charge >= 0.3 is 0 Å². The number of hydrogen-bond donors (Lipinski definition) is 2. The van der Waals surface area contributed by atoms with Crippen LogP contribution in [0.5, 0.6) is 5.88 Å². The Bertz CT molecular complexity index is 1300. The Balaban J connectivity index is 1.46. The minimum absolute atomic E-state index is 0.0135. The molecule has 2 N–H and O–H groups in total. The quantitative estimate of drug-likeness (QED) is 0.173. The minimum atomic E-state index is -1.64. The van der Waals surface area contributed by atoms with Crippen LogP contribution in [0.25, 0.3) is 0 Å². The maximum atomic E-state index is 15.1. The second-order valence-electron chi connectivity index (χ2n) is 11.0. The van der Waals surface area contributed by atoms with Gasteiger partial charge in [0.2, 0.25) is 17.4 Å². The maximum Gasteiger partial charge on any atom is 0.251 e. The number of rotatable bonds is 10. The molecule has 4 rings (SSSR count). The molecule has 0 aromatic carbocycles. The molecule has 0 bridgehead atoms. The molecule has 0 aliphatic carbocycles. The summed E-state index contributed by atoms with van der Waals surface area (Å²) in [6, 6.07) is 6.28. The number of nitrogens with one attached hydrogen (secondary N) is 1. The number of carbonyl (C=O) groups excluding carboxylic acids is 1. The Labute approximate surface area is 257 Å². The summed E-state index contributed by atoms with van der Waals surface area (Å²) in [7, 11) is 1.55. The Morgan fingerprint density at radius 1 is 1.34 bits per heavy atom. The molecule has 238 valence electrons. The lowest BCUT2D eigenvalue weighted by atomic mass is 10.00. The molecule has 1 aromatic heterocycles. The van der Waals surface area contributed by atoms with Gasteiger partial charge in [0, 0.05) is 39.1 Å². The van der Waals surface area contributed by atoms with Crippen LogP contribution in [0.15, 0.2) is 46.6 Å². The van der Waals surface area contributed by atoms with Crippen LogP contribution in [0.3, 0.4) is 0 Å². The van der Waals surface area contributed by atoms with E-state index >= 15 is 4.39 Å². The second-order valence-corrected chi connectivity index (χ2v) is 11.0. The normalized spacial score (nSPS) is 23.9. The lowest BCUT2D eigenvalue weighted by Crippen LogP contribution is -2.56. The van der Waals surface area contributed by atoms with Crippen molar-refractivity contribution in [3.05, 3.63) is 36.6 Å². The summed E-state index contributed by atoms with van der Waals surface area (Å²) in [6.45, 7) is 15.2. The van der Waals surface area contributed by atoms with E-state index < -0.39 is 29.8 Å². The van der Waals surface area contributed by atoms with E-state index in [1.54, 1.807) is 13.2 Å². The highest BCUT2D eigenvalue weighted by Gasteiger charge is 2.39. The van der Waals surface area contributed by atoms with Crippen molar-refractivity contribution in [1.29, 1.82) is 5.26 Å². The number of piperazine rings is 1. The Hall–Kier alpha value is -4.06. The van der Waals surface area contributed by atoms with Gasteiger partial charge in [-0.2, -0.15) is 10.2 Å². The predicted molar refractivity (Wildman–Crippen MR) is 165 cm³/mol. The summed E-state index contributed by atoms with van der Waals surface area (Å²) in [6.07, 6.45) is -0.701. The number of aliphatic hydroxyl groups is 1. The van der Waals surface area contributed by atoms with E-state index in [0.29, 0.717) is 17.7 Å². The zero-order chi connectivity index (χ0) is 31.9. The van der Waals surface area contributed by atoms with E-state index in [2.05, 4.69) is 49.5 Å². The Kier molecular flexibility index (Phi) is 10.9. The highest BCUT2D eigenvalue weighted by Crippen LogP contribution is 2.31. The molecule has 4 atom stereocenters. The lowest BCUT2D eigenvalue weighted by Gasteiger charge is -2.43. The number of nitrogens with zero attached hydrogens (tertiary/aromatic N) is 7. The molecule has 3 fully saturated rings. The molecule has 4 heterocycles. The molecule has 0 spiro atoms. The van der Waals surface area contributed by atoms with Gasteiger partial charge in [0.1, 0.15) is 35.5 Å². The van der Waals surface area contributed by atoms with Gasteiger partial charge in [-0.1, -0.05) is 12.7 Å². The highest BCUT2D eigenvalue weighted by molar-refractivity contribution is 5.96. The first-order valence-corrected chi connectivity index (χ1v) is 14.6. The minimum Gasteiger partial charge on any atom is -0.488 e. The number of amides is 1. The molecular weight excluding hydrogens is 571 g/mol. The van der Waals surface area contributed by atoms with Crippen molar-refractivity contribution in [1.82, 2.24) is 14.8 Å². The van der Waals surface area contributed by atoms with Crippen LogP contribution in [-0.4, -0.2) is 128 Å². The van der Waals surface area contributed by atoms with Crippen LogP contribution in [0.1, 0.15) is 20.3 Å². The summed E-state index contributed by atoms with van der Waals surface area (Å²) in [5.74, 6) is 0.283. The number of likely N-dealkylation sites (tertiary alicyclic amines) is 1. The predicted octanol–water partition coefficient (Wildman–Crippen LogP) is 1.77. The van der Waals surface area contributed by atoms with Gasteiger partial charge in [-0.25, -0.2) is 14.4 Å². The van der Waals surface area contributed by atoms with Crippen LogP contribution in [0, 0.1) is 11.3 Å². The number of anilines is 2. The summed E-state index contributed by atoms with van der Waals surface area (Å²) in [5.41, 5.74) is -0.778. The average Bonchev–Trinajstić information content (AvgIpc) is 3.00. The van der Waals surface area contributed by atoms with E-state index in [9.17, 15) is 15.2 Å². The number of alkyl halides is 1. The van der Waals surface area contributed by atoms with Crippen molar-refractivity contribution in [3.8, 4) is 11.9 Å². The third kappa shape index (κ3) is 7.53. The summed E-state index contributed by atoms with van der Waals surface area (Å²) in [5, 5.41) is 22.7. The second kappa shape index (κ2) is 14.6. The van der Waals surface area contributed by atoms with Gasteiger partial charge in [0.25, 0.3) is 5.91 Å². The van der Waals surface area contributed by atoms with Crippen molar-refractivity contribution < 1.29 is 28.5 Å². The number of carbonyl (C=O) groups is 1. The molecule has 0 saturated carbocycles. The van der Waals surface area contributed by atoms with Gasteiger partial charge in [0.05, 0.1) is 32.9 Å². The largest absolute Gasteiger partial charge is 0.488 e. The number of ether oxygens (including phenoxy) is 3. The smallest absolute Gasteiger partial charge is 0.251 e. The fraction of sp³-hybridized carbons (Fsp3) is 0.567. The number of guanidine groups is 1. The number of pyridine rings is 1. The van der Waals surface area contributed by atoms with Crippen molar-refractivity contribution in [2.75, 3.05) is 69.8 Å². The Morgan fingerprint density at radius 2 is 2.07 bits per heavy atom. The molecule has 1 aromatic rings. The average molecular weight is 613 g/mol. The summed E-state index contributed by atoms with van der Waals surface area (Å²) in [4.78, 5) is 31.0. The monoisotopic (exact) mass is 612 g/mol. The number of nitriles is 1. The number of halogens is 1. The van der Waals surface area contributed by atoms with Crippen LogP contribution in [0.4, 0.5) is 15.9 Å². The van der Waals surface area contributed by atoms with E-state index in [-0.39, 0.29) is 31.2 Å². The van der Waals surface area contributed by atoms with E-state index in [1.807, 2.05) is 6.07 Å². The summed E-state index contributed by atoms with van der Waals surface area (Å²) < 4.78 is 32.0. The third-order valence-electron chi connectivity index (χ3n) is 7.94. The van der Waals surface area contributed by atoms with Gasteiger partial charge < -0.3 is 34.4 Å². The highest BCUT2D eigenvalue weighted by atomic mass is 19.1. The van der Waals surface area contributed by atoms with Crippen LogP contribution in [-0.2, 0) is 14.3 Å². The van der Waals surface area contributed by atoms with Crippen molar-refractivity contribution in [2.24, 2.45) is 9.98 Å². The van der Waals surface area contributed by atoms with Gasteiger partial charge in [-0.3, -0.25) is 9.69 Å². The number of methoxy groups -OCH3 is 1. The van der Waals surface area contributed by atoms with Gasteiger partial charge in [-0.05, 0) is 38.8 Å². The number of hydrogen-bond acceptors (Lipinski definition) is 10. The topological polar surface area (TPSA) is 148 Å². The third-order valence-corrected chi connectivity index (χ3v) is 7.94. The molecule has 44 heavy (non-hydrogen) atoms. The molecule has 0 radical (unpaired) electrons. The van der Waals surface area contributed by atoms with E-state index in [0.717, 1.165) is 45.1 Å². The van der Waals surface area contributed by atoms with Crippen molar-refractivity contribution in [2.45, 2.75) is 50.2 Å². The van der Waals surface area contributed by atoms with Gasteiger partial charge in [0.15, 0.2) is 6.17 Å². The zero-order valence-corrected chi connectivity index (χ0v) is 25.5. The zero-order valence-electron chi connectivity index (χ0n) is 25.5. The molecular formula is C30H41FN8O5. The number of allylic oxidation sites excluding steroid dienone is 2.